The van der Waals surface area contributed by atoms with E-state index in [9.17, 15) is 0 Å². The summed E-state index contributed by atoms with van der Waals surface area (Å²) in [5, 5.41) is 4.96. The van der Waals surface area contributed by atoms with Gasteiger partial charge < -0.3 is 19.4 Å². The van der Waals surface area contributed by atoms with Crippen LogP contribution in [0.1, 0.15) is 0 Å². The second-order valence-corrected chi connectivity index (χ2v) is 14.8. The highest BCUT2D eigenvalue weighted by Crippen LogP contribution is 2.46. The van der Waals surface area contributed by atoms with Crippen LogP contribution < -0.4 is 9.47 Å². The first-order chi connectivity index (χ1) is 24.6. The molecule has 0 bridgehead atoms. The molecule has 10 rings (SSSR count). The summed E-state index contributed by atoms with van der Waals surface area (Å²) in [6.07, 6.45) is 0. The Bertz CT molecular complexity index is 2690. The number of benzene rings is 6. The maximum Gasteiger partial charge on any atom is 0.119 e. The van der Waals surface area contributed by atoms with Gasteiger partial charge in [0, 0.05) is 53.4 Å². The molecule has 10 aromatic rings. The number of aromatic nitrogens is 2. The smallest absolute Gasteiger partial charge is 0.119 e. The number of ether oxygens (including phenoxy) is 2. The Morgan fingerprint density at radius 1 is 0.400 bits per heavy atom. The molecule has 0 unspecified atom stereocenters. The minimum Gasteiger partial charge on any atom is -0.497 e. The average molecular weight is 683 g/mol. The minimum atomic E-state index is 0.867. The number of H-pyrrole nitrogens is 2. The summed E-state index contributed by atoms with van der Waals surface area (Å²) in [6, 6.07) is 48.1. The van der Waals surface area contributed by atoms with Gasteiger partial charge in [0.25, 0.3) is 0 Å². The number of aromatic amines is 2. The van der Waals surface area contributed by atoms with Gasteiger partial charge in [-0.15, -0.1) is 22.7 Å². The van der Waals surface area contributed by atoms with Crippen molar-refractivity contribution >= 4 is 74.1 Å². The van der Waals surface area contributed by atoms with Crippen molar-refractivity contribution in [3.63, 3.8) is 0 Å². The molecule has 240 valence electrons. The van der Waals surface area contributed by atoms with Crippen LogP contribution in [0, 0.1) is 0 Å². The quantitative estimate of drug-likeness (QED) is 0.183. The van der Waals surface area contributed by atoms with E-state index in [0.717, 1.165) is 44.7 Å². The van der Waals surface area contributed by atoms with Gasteiger partial charge in [0.05, 0.1) is 23.6 Å². The largest absolute Gasteiger partial charge is 0.497 e. The normalized spacial score (nSPS) is 11.8. The molecule has 4 heterocycles. The Morgan fingerprint density at radius 2 is 0.800 bits per heavy atom. The lowest BCUT2D eigenvalue weighted by Crippen LogP contribution is -1.81. The molecule has 0 radical (unpaired) electrons. The molecule has 2 N–H and O–H groups in total. The molecule has 0 aliphatic carbocycles. The van der Waals surface area contributed by atoms with Crippen LogP contribution >= 0.6 is 22.7 Å². The van der Waals surface area contributed by atoms with E-state index in [-0.39, 0.29) is 0 Å². The maximum atomic E-state index is 5.40. The summed E-state index contributed by atoms with van der Waals surface area (Å²) in [7, 11) is 3.40. The maximum absolute atomic E-state index is 5.40. The van der Waals surface area contributed by atoms with Crippen LogP contribution in [0.15, 0.2) is 133 Å². The zero-order valence-electron chi connectivity index (χ0n) is 27.3. The molecule has 0 aliphatic heterocycles. The van der Waals surface area contributed by atoms with Gasteiger partial charge >= 0.3 is 0 Å². The lowest BCUT2D eigenvalue weighted by atomic mass is 10.0. The molecule has 4 nitrogen and oxygen atoms in total. The monoisotopic (exact) mass is 682 g/mol. The van der Waals surface area contributed by atoms with Crippen molar-refractivity contribution in [3.05, 3.63) is 133 Å². The Labute approximate surface area is 296 Å². The Morgan fingerprint density at radius 3 is 1.22 bits per heavy atom. The van der Waals surface area contributed by atoms with E-state index in [1.807, 2.05) is 34.8 Å². The van der Waals surface area contributed by atoms with Crippen LogP contribution in [-0.2, 0) is 0 Å². The van der Waals surface area contributed by atoms with Crippen molar-refractivity contribution in [1.29, 1.82) is 0 Å². The molecular weight excluding hydrogens is 653 g/mol. The van der Waals surface area contributed by atoms with E-state index < -0.39 is 0 Å². The van der Waals surface area contributed by atoms with Crippen molar-refractivity contribution in [2.75, 3.05) is 14.2 Å². The molecule has 0 saturated heterocycles. The highest BCUT2D eigenvalue weighted by Gasteiger charge is 2.15. The SMILES string of the molecule is COc1ccc2[nH]c(-c3ccc(-c4ccc5c(c4)sc4c6ccc(-c7ccc(-c8cc9cc(OC)ccc9[nH]8)cc7)cc6sc54)cc3)cc2c1. The van der Waals surface area contributed by atoms with Crippen LogP contribution in [0.5, 0.6) is 11.5 Å². The second-order valence-electron chi connectivity index (χ2n) is 12.7. The van der Waals surface area contributed by atoms with Gasteiger partial charge in [0.2, 0.25) is 0 Å². The lowest BCUT2D eigenvalue weighted by Gasteiger charge is -2.05. The molecule has 0 amide bonds. The van der Waals surface area contributed by atoms with E-state index >= 15 is 0 Å². The van der Waals surface area contributed by atoms with Gasteiger partial charge in [-0.2, -0.15) is 0 Å². The van der Waals surface area contributed by atoms with E-state index in [0.29, 0.717) is 0 Å². The Hall–Kier alpha value is -5.82. The summed E-state index contributed by atoms with van der Waals surface area (Å²) in [5.41, 5.74) is 11.7. The van der Waals surface area contributed by atoms with Crippen molar-refractivity contribution in [1.82, 2.24) is 9.97 Å². The molecule has 0 aliphatic rings. The summed E-state index contributed by atoms with van der Waals surface area (Å²) in [4.78, 5) is 7.09. The topological polar surface area (TPSA) is 50.0 Å². The van der Waals surface area contributed by atoms with E-state index in [1.165, 1.54) is 63.0 Å². The fourth-order valence-corrected chi connectivity index (χ4v) is 9.82. The van der Waals surface area contributed by atoms with Gasteiger partial charge in [-0.25, -0.2) is 0 Å². The predicted octanol–water partition coefficient (Wildman–Crippen LogP) is 12.9. The van der Waals surface area contributed by atoms with E-state index in [1.54, 1.807) is 14.2 Å². The minimum absolute atomic E-state index is 0.867. The molecule has 0 spiro atoms. The van der Waals surface area contributed by atoms with Crippen LogP contribution in [-0.4, -0.2) is 24.2 Å². The zero-order chi connectivity index (χ0) is 33.3. The first kappa shape index (κ1) is 29.1. The fraction of sp³-hybridized carbons (Fsp3) is 0.0455. The van der Waals surface area contributed by atoms with Crippen molar-refractivity contribution < 1.29 is 9.47 Å². The van der Waals surface area contributed by atoms with Gasteiger partial charge in [0.15, 0.2) is 0 Å². The third-order valence-electron chi connectivity index (χ3n) is 9.80. The number of thiophene rings is 2. The number of nitrogens with one attached hydrogen (secondary N) is 2. The Balaban J connectivity index is 0.922. The summed E-state index contributed by atoms with van der Waals surface area (Å²) < 4.78 is 16.2. The van der Waals surface area contributed by atoms with Crippen LogP contribution in [0.25, 0.3) is 96.1 Å². The Kier molecular flexibility index (Phi) is 6.63. The van der Waals surface area contributed by atoms with Crippen molar-refractivity contribution in [2.45, 2.75) is 0 Å². The highest BCUT2D eigenvalue weighted by atomic mass is 32.1. The highest BCUT2D eigenvalue weighted by molar-refractivity contribution is 7.36. The second kappa shape index (κ2) is 11.4. The van der Waals surface area contributed by atoms with Gasteiger partial charge in [-0.05, 0) is 94.0 Å². The van der Waals surface area contributed by atoms with Gasteiger partial charge in [0.1, 0.15) is 11.5 Å². The molecule has 6 heteroatoms. The summed E-state index contributed by atoms with van der Waals surface area (Å²) in [5.74, 6) is 1.73. The third-order valence-corrected chi connectivity index (χ3v) is 12.3. The van der Waals surface area contributed by atoms with E-state index in [2.05, 4.69) is 131 Å². The molecule has 0 atom stereocenters. The lowest BCUT2D eigenvalue weighted by molar-refractivity contribution is 0.415. The number of rotatable bonds is 6. The number of hydrogen-bond donors (Lipinski definition) is 2. The molecule has 6 aromatic carbocycles. The van der Waals surface area contributed by atoms with Crippen molar-refractivity contribution in [3.8, 4) is 56.3 Å². The van der Waals surface area contributed by atoms with Crippen LogP contribution in [0.4, 0.5) is 0 Å². The molecular formula is C44H30N2O2S2. The van der Waals surface area contributed by atoms with E-state index in [4.69, 9.17) is 9.47 Å². The summed E-state index contributed by atoms with van der Waals surface area (Å²) in [6.45, 7) is 0. The number of methoxy groups -OCH3 is 2. The standard InChI is InChI=1S/C44H30N2O2S2/c1-47-33-13-17-37-31(19-33)21-39(45-37)27-7-3-25(4-8-27)29-11-15-35-41(23-29)49-44-36-16-12-30(24-42(36)50-43(35)44)26-5-9-28(10-6-26)40-22-32-20-34(48-2)14-18-38(32)46-40/h3-24,45-46H,1-2H3. The molecule has 50 heavy (non-hydrogen) atoms. The average Bonchev–Trinajstić information content (AvgIpc) is 3.95. The van der Waals surface area contributed by atoms with Crippen LogP contribution in [0.2, 0.25) is 0 Å². The molecule has 4 aromatic heterocycles. The number of fused-ring (bicyclic) bond motifs is 7. The first-order valence-electron chi connectivity index (χ1n) is 16.5. The van der Waals surface area contributed by atoms with Gasteiger partial charge in [-0.3, -0.25) is 0 Å². The molecule has 0 fully saturated rings. The number of hydrogen-bond acceptors (Lipinski definition) is 4. The molecule has 0 saturated carbocycles. The zero-order valence-corrected chi connectivity index (χ0v) is 29.0. The van der Waals surface area contributed by atoms with Crippen LogP contribution in [0.3, 0.4) is 0 Å². The first-order valence-corrected chi connectivity index (χ1v) is 18.2. The van der Waals surface area contributed by atoms with Gasteiger partial charge in [-0.1, -0.05) is 72.8 Å². The van der Waals surface area contributed by atoms with Crippen molar-refractivity contribution in [2.24, 2.45) is 0 Å². The summed E-state index contributed by atoms with van der Waals surface area (Å²) >= 11 is 3.80. The third kappa shape index (κ3) is 4.79. The fourth-order valence-electron chi connectivity index (χ4n) is 7.09. The predicted molar refractivity (Wildman–Crippen MR) is 213 cm³/mol.